The molecule has 1 aromatic rings. The standard InChI is InChI=1S/C14H22O.CH4/c1-4-8-12(3)13-9-6-7-10-14(13)15-11-5-2;/h6-7,9-10,12H,4-5,8,11H2,1-3H3;1H4. The maximum Gasteiger partial charge on any atom is 0.122 e. The maximum atomic E-state index is 5.75. The summed E-state index contributed by atoms with van der Waals surface area (Å²) in [6, 6.07) is 8.41. The summed E-state index contributed by atoms with van der Waals surface area (Å²) in [5.41, 5.74) is 1.35. The van der Waals surface area contributed by atoms with Crippen molar-refractivity contribution in [2.45, 2.75) is 53.4 Å². The Labute approximate surface area is 101 Å². The summed E-state index contributed by atoms with van der Waals surface area (Å²) < 4.78 is 5.75. The highest BCUT2D eigenvalue weighted by Crippen LogP contribution is 2.29. The molecule has 1 rings (SSSR count). The number of para-hydroxylation sites is 1. The molecule has 0 amide bonds. The van der Waals surface area contributed by atoms with Crippen LogP contribution in [-0.2, 0) is 0 Å². The molecule has 0 aliphatic carbocycles. The Bertz CT molecular complexity index is 281. The summed E-state index contributed by atoms with van der Waals surface area (Å²) in [6.45, 7) is 7.46. The molecule has 0 spiro atoms. The van der Waals surface area contributed by atoms with Gasteiger partial charge in [-0.05, 0) is 30.4 Å². The van der Waals surface area contributed by atoms with E-state index in [-0.39, 0.29) is 7.43 Å². The molecule has 92 valence electrons. The zero-order valence-electron chi connectivity index (χ0n) is 10.1. The van der Waals surface area contributed by atoms with Crippen LogP contribution in [0.3, 0.4) is 0 Å². The van der Waals surface area contributed by atoms with Gasteiger partial charge in [0.15, 0.2) is 0 Å². The lowest BCUT2D eigenvalue weighted by atomic mass is 9.96. The van der Waals surface area contributed by atoms with E-state index in [1.807, 2.05) is 6.07 Å². The summed E-state index contributed by atoms with van der Waals surface area (Å²) in [4.78, 5) is 0. The lowest BCUT2D eigenvalue weighted by Crippen LogP contribution is -2.01. The largest absolute Gasteiger partial charge is 0.493 e. The molecule has 0 aliphatic heterocycles. The quantitative estimate of drug-likeness (QED) is 0.657. The molecule has 16 heavy (non-hydrogen) atoms. The van der Waals surface area contributed by atoms with Crippen LogP contribution in [0.15, 0.2) is 24.3 Å². The summed E-state index contributed by atoms with van der Waals surface area (Å²) in [5, 5.41) is 0. The molecule has 0 N–H and O–H groups in total. The fourth-order valence-corrected chi connectivity index (χ4v) is 1.82. The summed E-state index contributed by atoms with van der Waals surface area (Å²) in [6.07, 6.45) is 3.52. The second kappa shape index (κ2) is 8.20. The van der Waals surface area contributed by atoms with E-state index < -0.39 is 0 Å². The van der Waals surface area contributed by atoms with E-state index in [1.165, 1.54) is 18.4 Å². The van der Waals surface area contributed by atoms with Gasteiger partial charge >= 0.3 is 0 Å². The molecule has 1 nitrogen and oxygen atoms in total. The zero-order valence-corrected chi connectivity index (χ0v) is 10.1. The van der Waals surface area contributed by atoms with Gasteiger partial charge < -0.3 is 4.74 Å². The Morgan fingerprint density at radius 2 is 1.81 bits per heavy atom. The van der Waals surface area contributed by atoms with Crippen LogP contribution in [-0.4, -0.2) is 6.61 Å². The predicted molar refractivity (Wildman–Crippen MR) is 72.3 cm³/mol. The molecule has 0 heterocycles. The zero-order chi connectivity index (χ0) is 11.1. The first-order chi connectivity index (χ1) is 7.29. The lowest BCUT2D eigenvalue weighted by molar-refractivity contribution is 0.312. The van der Waals surface area contributed by atoms with Gasteiger partial charge in [-0.3, -0.25) is 0 Å². The van der Waals surface area contributed by atoms with Gasteiger partial charge in [-0.15, -0.1) is 0 Å². The molecule has 0 fully saturated rings. The van der Waals surface area contributed by atoms with Gasteiger partial charge in [-0.25, -0.2) is 0 Å². The van der Waals surface area contributed by atoms with Gasteiger partial charge in [0.05, 0.1) is 6.61 Å². The molecular weight excluding hydrogens is 196 g/mol. The van der Waals surface area contributed by atoms with E-state index in [4.69, 9.17) is 4.74 Å². The molecular formula is C15H26O. The van der Waals surface area contributed by atoms with Crippen molar-refractivity contribution in [1.82, 2.24) is 0 Å². The minimum atomic E-state index is 0. The minimum Gasteiger partial charge on any atom is -0.493 e. The molecule has 0 radical (unpaired) electrons. The normalized spacial score (nSPS) is 11.7. The first-order valence-electron chi connectivity index (χ1n) is 6.01. The van der Waals surface area contributed by atoms with Crippen molar-refractivity contribution in [3.8, 4) is 5.75 Å². The van der Waals surface area contributed by atoms with Crippen molar-refractivity contribution in [1.29, 1.82) is 0 Å². The van der Waals surface area contributed by atoms with Crippen LogP contribution in [0.2, 0.25) is 0 Å². The lowest BCUT2D eigenvalue weighted by Gasteiger charge is -2.16. The van der Waals surface area contributed by atoms with E-state index in [2.05, 4.69) is 39.0 Å². The molecule has 1 unspecified atom stereocenters. The molecule has 1 aromatic carbocycles. The molecule has 0 aromatic heterocycles. The van der Waals surface area contributed by atoms with Crippen molar-refractivity contribution < 1.29 is 4.74 Å². The van der Waals surface area contributed by atoms with Crippen molar-refractivity contribution in [2.24, 2.45) is 0 Å². The van der Waals surface area contributed by atoms with Crippen LogP contribution in [0.1, 0.15) is 58.9 Å². The van der Waals surface area contributed by atoms with Crippen molar-refractivity contribution in [2.75, 3.05) is 6.61 Å². The van der Waals surface area contributed by atoms with Crippen LogP contribution in [0, 0.1) is 0 Å². The SMILES string of the molecule is C.CCCOc1ccccc1C(C)CCC. The maximum absolute atomic E-state index is 5.75. The summed E-state index contributed by atoms with van der Waals surface area (Å²) >= 11 is 0. The van der Waals surface area contributed by atoms with Crippen LogP contribution in [0.25, 0.3) is 0 Å². The van der Waals surface area contributed by atoms with Crippen molar-refractivity contribution in [3.63, 3.8) is 0 Å². The van der Waals surface area contributed by atoms with Crippen LogP contribution < -0.4 is 4.74 Å². The van der Waals surface area contributed by atoms with Crippen LogP contribution >= 0.6 is 0 Å². The fourth-order valence-electron chi connectivity index (χ4n) is 1.82. The van der Waals surface area contributed by atoms with E-state index in [1.54, 1.807) is 0 Å². The van der Waals surface area contributed by atoms with Gasteiger partial charge in [0, 0.05) is 0 Å². The third-order valence-electron chi connectivity index (χ3n) is 2.63. The third-order valence-corrected chi connectivity index (χ3v) is 2.63. The van der Waals surface area contributed by atoms with Gasteiger partial charge in [-0.2, -0.15) is 0 Å². The molecule has 0 saturated carbocycles. The predicted octanol–water partition coefficient (Wildman–Crippen LogP) is 5.02. The van der Waals surface area contributed by atoms with E-state index in [9.17, 15) is 0 Å². The van der Waals surface area contributed by atoms with E-state index >= 15 is 0 Å². The Morgan fingerprint density at radius 1 is 1.12 bits per heavy atom. The van der Waals surface area contributed by atoms with E-state index in [0.717, 1.165) is 18.8 Å². The molecule has 0 saturated heterocycles. The van der Waals surface area contributed by atoms with Gasteiger partial charge in [-0.1, -0.05) is 52.8 Å². The van der Waals surface area contributed by atoms with Crippen LogP contribution in [0.4, 0.5) is 0 Å². The van der Waals surface area contributed by atoms with E-state index in [0.29, 0.717) is 5.92 Å². The first-order valence-corrected chi connectivity index (χ1v) is 6.01. The smallest absolute Gasteiger partial charge is 0.122 e. The average Bonchev–Trinajstić information content (AvgIpc) is 2.27. The number of hydrogen-bond acceptors (Lipinski definition) is 1. The third kappa shape index (κ3) is 4.26. The Morgan fingerprint density at radius 3 is 2.44 bits per heavy atom. The average molecular weight is 222 g/mol. The number of benzene rings is 1. The van der Waals surface area contributed by atoms with Crippen LogP contribution in [0.5, 0.6) is 5.75 Å². The number of hydrogen-bond donors (Lipinski definition) is 0. The highest BCUT2D eigenvalue weighted by atomic mass is 16.5. The molecule has 1 atom stereocenters. The second-order valence-corrected chi connectivity index (χ2v) is 4.08. The summed E-state index contributed by atoms with van der Waals surface area (Å²) in [5.74, 6) is 1.67. The number of rotatable bonds is 6. The minimum absolute atomic E-state index is 0. The van der Waals surface area contributed by atoms with Crippen molar-refractivity contribution in [3.05, 3.63) is 29.8 Å². The first kappa shape index (κ1) is 15.0. The van der Waals surface area contributed by atoms with Gasteiger partial charge in [0.2, 0.25) is 0 Å². The summed E-state index contributed by atoms with van der Waals surface area (Å²) in [7, 11) is 0. The molecule has 0 bridgehead atoms. The van der Waals surface area contributed by atoms with Gasteiger partial charge in [0.1, 0.15) is 5.75 Å². The number of ether oxygens (including phenoxy) is 1. The van der Waals surface area contributed by atoms with Gasteiger partial charge in [0.25, 0.3) is 0 Å². The Kier molecular flexibility index (Phi) is 7.70. The fraction of sp³-hybridized carbons (Fsp3) is 0.600. The molecule has 1 heteroatoms. The van der Waals surface area contributed by atoms with Crippen molar-refractivity contribution >= 4 is 0 Å². The highest BCUT2D eigenvalue weighted by Gasteiger charge is 2.09. The topological polar surface area (TPSA) is 9.23 Å². The monoisotopic (exact) mass is 222 g/mol. The molecule has 0 aliphatic rings. The Hall–Kier alpha value is -0.980. The second-order valence-electron chi connectivity index (χ2n) is 4.08. The Balaban J connectivity index is 0.00000225. The highest BCUT2D eigenvalue weighted by molar-refractivity contribution is 5.35.